The smallest absolute Gasteiger partial charge is 0.191 e. The highest BCUT2D eigenvalue weighted by Gasteiger charge is 2.13. The number of ether oxygens (including phenoxy) is 1. The van der Waals surface area contributed by atoms with Gasteiger partial charge < -0.3 is 15.4 Å². The summed E-state index contributed by atoms with van der Waals surface area (Å²) in [7, 11) is 0. The average molecular weight is 253 g/mol. The molecule has 17 heavy (non-hydrogen) atoms. The van der Waals surface area contributed by atoms with Gasteiger partial charge in [0.05, 0.1) is 19.8 Å². The van der Waals surface area contributed by atoms with Crippen LogP contribution in [0.3, 0.4) is 0 Å². The van der Waals surface area contributed by atoms with Crippen LogP contribution in [0.2, 0.25) is 0 Å². The van der Waals surface area contributed by atoms with Crippen LogP contribution >= 0.6 is 11.3 Å². The van der Waals surface area contributed by atoms with Gasteiger partial charge in [0.25, 0.3) is 0 Å². The Kier molecular flexibility index (Phi) is 4.39. The second-order valence-corrected chi connectivity index (χ2v) is 5.19. The van der Waals surface area contributed by atoms with Crippen molar-refractivity contribution in [2.24, 2.45) is 10.7 Å². The predicted molar refractivity (Wildman–Crippen MR) is 71.6 cm³/mol. The Morgan fingerprint density at radius 3 is 3.00 bits per heavy atom. The number of nitrogens with zero attached hydrogens (tertiary/aromatic N) is 2. The third kappa shape index (κ3) is 3.44. The maximum absolute atomic E-state index is 5.97. The average Bonchev–Trinajstić information content (AvgIpc) is 2.90. The SMILES string of the molecule is CC(CN=C(N)N1CCOCC1)c1cccs1. The van der Waals surface area contributed by atoms with Crippen LogP contribution < -0.4 is 5.73 Å². The maximum Gasteiger partial charge on any atom is 0.191 e. The Hall–Kier alpha value is -1.07. The Balaban J connectivity index is 1.86. The standard InChI is InChI=1S/C12H19N3OS/c1-10(11-3-2-8-17-11)9-14-12(13)15-4-6-16-7-5-15/h2-3,8,10H,4-7,9H2,1H3,(H2,13,14). The van der Waals surface area contributed by atoms with Crippen molar-refractivity contribution >= 4 is 17.3 Å². The molecule has 0 aliphatic carbocycles. The number of morpholine rings is 1. The number of thiophene rings is 1. The Labute approximate surface area is 106 Å². The summed E-state index contributed by atoms with van der Waals surface area (Å²) in [5.74, 6) is 1.09. The van der Waals surface area contributed by atoms with E-state index in [1.807, 2.05) is 0 Å². The van der Waals surface area contributed by atoms with Crippen molar-refractivity contribution in [2.45, 2.75) is 12.8 Å². The molecular formula is C12H19N3OS. The van der Waals surface area contributed by atoms with Gasteiger partial charge in [-0.05, 0) is 11.4 Å². The molecule has 1 fully saturated rings. The number of hydrogen-bond acceptors (Lipinski definition) is 3. The molecule has 1 atom stereocenters. The third-order valence-corrected chi connectivity index (χ3v) is 3.99. The molecule has 4 nitrogen and oxygen atoms in total. The van der Waals surface area contributed by atoms with Crippen LogP contribution in [-0.2, 0) is 4.74 Å². The van der Waals surface area contributed by atoms with Gasteiger partial charge in [-0.1, -0.05) is 13.0 Å². The summed E-state index contributed by atoms with van der Waals surface area (Å²) in [6.45, 7) is 6.13. The van der Waals surface area contributed by atoms with Crippen LogP contribution in [0.4, 0.5) is 0 Å². The molecule has 0 amide bonds. The quantitative estimate of drug-likeness (QED) is 0.656. The Bertz CT molecular complexity index is 358. The first kappa shape index (κ1) is 12.4. The highest BCUT2D eigenvalue weighted by atomic mass is 32.1. The molecule has 5 heteroatoms. The lowest BCUT2D eigenvalue weighted by atomic mass is 10.1. The molecule has 2 rings (SSSR count). The monoisotopic (exact) mass is 253 g/mol. The van der Waals surface area contributed by atoms with Crippen LogP contribution in [0.5, 0.6) is 0 Å². The number of nitrogens with two attached hydrogens (primary N) is 1. The van der Waals surface area contributed by atoms with Crippen molar-refractivity contribution in [3.63, 3.8) is 0 Å². The zero-order valence-electron chi connectivity index (χ0n) is 10.1. The van der Waals surface area contributed by atoms with Gasteiger partial charge in [0, 0.05) is 23.9 Å². The summed E-state index contributed by atoms with van der Waals surface area (Å²) in [5, 5.41) is 2.10. The minimum absolute atomic E-state index is 0.439. The predicted octanol–water partition coefficient (Wildman–Crippen LogP) is 1.50. The Morgan fingerprint density at radius 1 is 1.59 bits per heavy atom. The molecule has 0 bridgehead atoms. The van der Waals surface area contributed by atoms with E-state index in [2.05, 4.69) is 34.3 Å². The summed E-state index contributed by atoms with van der Waals surface area (Å²) in [5.41, 5.74) is 5.97. The highest BCUT2D eigenvalue weighted by molar-refractivity contribution is 7.10. The topological polar surface area (TPSA) is 50.8 Å². The molecule has 0 aromatic carbocycles. The number of hydrogen-bond donors (Lipinski definition) is 1. The van der Waals surface area contributed by atoms with E-state index in [4.69, 9.17) is 10.5 Å². The van der Waals surface area contributed by atoms with Gasteiger partial charge in [-0.25, -0.2) is 0 Å². The van der Waals surface area contributed by atoms with Gasteiger partial charge >= 0.3 is 0 Å². The van der Waals surface area contributed by atoms with Crippen LogP contribution in [0.15, 0.2) is 22.5 Å². The van der Waals surface area contributed by atoms with Gasteiger partial charge in [0.1, 0.15) is 0 Å². The fraction of sp³-hybridized carbons (Fsp3) is 0.583. The molecule has 94 valence electrons. The van der Waals surface area contributed by atoms with E-state index in [-0.39, 0.29) is 0 Å². The number of aliphatic imine (C=N–C) groups is 1. The minimum atomic E-state index is 0.439. The van der Waals surface area contributed by atoms with E-state index >= 15 is 0 Å². The molecule has 2 heterocycles. The third-order valence-electron chi connectivity index (χ3n) is 2.89. The fourth-order valence-corrected chi connectivity index (χ4v) is 2.56. The van der Waals surface area contributed by atoms with Crippen LogP contribution in [-0.4, -0.2) is 43.7 Å². The van der Waals surface area contributed by atoms with Gasteiger partial charge in [-0.15, -0.1) is 11.3 Å². The van der Waals surface area contributed by atoms with E-state index in [1.165, 1.54) is 4.88 Å². The lowest BCUT2D eigenvalue weighted by Crippen LogP contribution is -2.44. The van der Waals surface area contributed by atoms with Gasteiger partial charge in [0.15, 0.2) is 5.96 Å². The molecule has 2 N–H and O–H groups in total. The van der Waals surface area contributed by atoms with Gasteiger partial charge in [-0.3, -0.25) is 4.99 Å². The molecule has 0 spiro atoms. The van der Waals surface area contributed by atoms with Gasteiger partial charge in [0.2, 0.25) is 0 Å². The van der Waals surface area contributed by atoms with Crippen LogP contribution in [0, 0.1) is 0 Å². The zero-order valence-corrected chi connectivity index (χ0v) is 10.9. The molecular weight excluding hydrogens is 234 g/mol. The van der Waals surface area contributed by atoms with E-state index in [0.717, 1.165) is 32.8 Å². The summed E-state index contributed by atoms with van der Waals surface area (Å²) in [6.07, 6.45) is 0. The van der Waals surface area contributed by atoms with E-state index in [1.54, 1.807) is 11.3 Å². The molecule has 1 saturated heterocycles. The second kappa shape index (κ2) is 6.02. The first-order valence-corrected chi connectivity index (χ1v) is 6.81. The number of rotatable bonds is 3. The lowest BCUT2D eigenvalue weighted by molar-refractivity contribution is 0.0674. The largest absolute Gasteiger partial charge is 0.378 e. The molecule has 1 aromatic rings. The van der Waals surface area contributed by atoms with Crippen molar-refractivity contribution in [3.8, 4) is 0 Å². The van der Waals surface area contributed by atoms with Crippen molar-refractivity contribution in [1.29, 1.82) is 0 Å². The summed E-state index contributed by atoms with van der Waals surface area (Å²) in [4.78, 5) is 7.93. The minimum Gasteiger partial charge on any atom is -0.378 e. The van der Waals surface area contributed by atoms with E-state index < -0.39 is 0 Å². The zero-order chi connectivity index (χ0) is 12.1. The van der Waals surface area contributed by atoms with Crippen molar-refractivity contribution in [1.82, 2.24) is 4.90 Å². The highest BCUT2D eigenvalue weighted by Crippen LogP contribution is 2.20. The number of guanidine groups is 1. The summed E-state index contributed by atoms with van der Waals surface area (Å²) < 4.78 is 5.28. The van der Waals surface area contributed by atoms with Crippen molar-refractivity contribution in [3.05, 3.63) is 22.4 Å². The lowest BCUT2D eigenvalue weighted by Gasteiger charge is -2.27. The molecule has 0 radical (unpaired) electrons. The second-order valence-electron chi connectivity index (χ2n) is 4.21. The molecule has 0 saturated carbocycles. The van der Waals surface area contributed by atoms with Crippen molar-refractivity contribution < 1.29 is 4.74 Å². The normalized spacial score (nSPS) is 19.4. The molecule has 1 unspecified atom stereocenters. The van der Waals surface area contributed by atoms with Crippen LogP contribution in [0.25, 0.3) is 0 Å². The van der Waals surface area contributed by atoms with Crippen LogP contribution in [0.1, 0.15) is 17.7 Å². The van der Waals surface area contributed by atoms with E-state index in [0.29, 0.717) is 11.9 Å². The van der Waals surface area contributed by atoms with Crippen molar-refractivity contribution in [2.75, 3.05) is 32.8 Å². The van der Waals surface area contributed by atoms with Gasteiger partial charge in [-0.2, -0.15) is 0 Å². The summed E-state index contributed by atoms with van der Waals surface area (Å²) in [6, 6.07) is 4.22. The fourth-order valence-electron chi connectivity index (χ4n) is 1.78. The van der Waals surface area contributed by atoms with E-state index in [9.17, 15) is 0 Å². The molecule has 1 aliphatic rings. The maximum atomic E-state index is 5.97. The first-order valence-electron chi connectivity index (χ1n) is 5.93. The Morgan fingerprint density at radius 2 is 2.35 bits per heavy atom. The summed E-state index contributed by atoms with van der Waals surface area (Å²) >= 11 is 1.77. The molecule has 1 aromatic heterocycles. The molecule has 1 aliphatic heterocycles. The first-order chi connectivity index (χ1) is 8.27.